The van der Waals surface area contributed by atoms with Crippen molar-refractivity contribution in [3.8, 4) is 0 Å². The predicted octanol–water partition coefficient (Wildman–Crippen LogP) is 4.34. The number of ether oxygens (including phenoxy) is 1. The molecule has 0 spiro atoms. The molecule has 0 aliphatic carbocycles. The smallest absolute Gasteiger partial charge is 0.253 e. The fraction of sp³-hybridized carbons (Fsp3) is 0.360. The van der Waals surface area contributed by atoms with Crippen LogP contribution in [0.4, 0.5) is 4.39 Å². The minimum absolute atomic E-state index is 0.131. The van der Waals surface area contributed by atoms with Gasteiger partial charge in [-0.2, -0.15) is 0 Å². The maximum atomic E-state index is 13.4. The van der Waals surface area contributed by atoms with E-state index in [1.807, 2.05) is 30.9 Å². The van der Waals surface area contributed by atoms with Crippen molar-refractivity contribution >= 4 is 28.2 Å². The Balaban J connectivity index is 1.59. The van der Waals surface area contributed by atoms with Gasteiger partial charge < -0.3 is 19.9 Å². The topological polar surface area (TPSA) is 57.4 Å². The van der Waals surface area contributed by atoms with Crippen molar-refractivity contribution in [2.45, 2.75) is 45.9 Å². The summed E-state index contributed by atoms with van der Waals surface area (Å²) in [5.41, 5.74) is 4.47. The highest BCUT2D eigenvalue weighted by Crippen LogP contribution is 2.20. The molecule has 1 atom stereocenters. The Kier molecular flexibility index (Phi) is 6.86. The second-order valence-electron chi connectivity index (χ2n) is 8.47. The Labute approximate surface area is 192 Å². The highest BCUT2D eigenvalue weighted by molar-refractivity contribution is 7.80. The van der Waals surface area contributed by atoms with E-state index in [0.29, 0.717) is 30.3 Å². The number of pyridine rings is 1. The Morgan fingerprint density at radius 1 is 1.22 bits per heavy atom. The Bertz CT molecular complexity index is 1170. The van der Waals surface area contributed by atoms with E-state index in [1.165, 1.54) is 12.1 Å². The van der Waals surface area contributed by atoms with Crippen LogP contribution in [0.5, 0.6) is 0 Å². The first-order valence-electron chi connectivity index (χ1n) is 10.9. The third kappa shape index (κ3) is 5.34. The summed E-state index contributed by atoms with van der Waals surface area (Å²) in [6, 6.07) is 12.4. The van der Waals surface area contributed by atoms with Gasteiger partial charge >= 0.3 is 0 Å². The van der Waals surface area contributed by atoms with Gasteiger partial charge in [0, 0.05) is 36.2 Å². The van der Waals surface area contributed by atoms with E-state index in [-0.39, 0.29) is 17.5 Å². The first-order chi connectivity index (χ1) is 15.4. The van der Waals surface area contributed by atoms with Crippen molar-refractivity contribution < 1.29 is 9.13 Å². The summed E-state index contributed by atoms with van der Waals surface area (Å²) in [5, 5.41) is 4.86. The molecule has 0 amide bonds. The first-order valence-corrected chi connectivity index (χ1v) is 11.3. The molecule has 5 nitrogen and oxygen atoms in total. The zero-order chi connectivity index (χ0) is 22.7. The quantitative estimate of drug-likeness (QED) is 0.544. The van der Waals surface area contributed by atoms with Crippen molar-refractivity contribution in [1.29, 1.82) is 0 Å². The number of hydrogen-bond acceptors (Lipinski definition) is 3. The molecule has 0 saturated carbocycles. The van der Waals surface area contributed by atoms with Crippen LogP contribution < -0.4 is 10.9 Å². The van der Waals surface area contributed by atoms with Crippen LogP contribution in [0.15, 0.2) is 47.3 Å². The van der Waals surface area contributed by atoms with E-state index < -0.39 is 0 Å². The van der Waals surface area contributed by atoms with Crippen molar-refractivity contribution in [3.63, 3.8) is 0 Å². The number of aromatic amines is 1. The molecular formula is C25H28FN3O2S. The molecular weight excluding hydrogens is 425 g/mol. The number of rotatable bonds is 6. The summed E-state index contributed by atoms with van der Waals surface area (Å²) in [5.74, 6) is -0.281. The third-order valence-corrected chi connectivity index (χ3v) is 6.23. The molecule has 4 rings (SSSR count). The van der Waals surface area contributed by atoms with Crippen molar-refractivity contribution in [3.05, 3.63) is 80.9 Å². The second kappa shape index (κ2) is 9.79. The number of aromatic nitrogens is 1. The lowest BCUT2D eigenvalue weighted by atomic mass is 10.0. The number of thiocarbonyl (C=S) groups is 1. The molecule has 1 fully saturated rings. The van der Waals surface area contributed by atoms with Crippen molar-refractivity contribution in [1.82, 2.24) is 15.2 Å². The summed E-state index contributed by atoms with van der Waals surface area (Å²) in [6.07, 6.45) is 2.22. The molecule has 0 bridgehead atoms. The maximum Gasteiger partial charge on any atom is 0.253 e. The average molecular weight is 454 g/mol. The lowest BCUT2D eigenvalue weighted by Crippen LogP contribution is -2.42. The molecule has 1 saturated heterocycles. The summed E-state index contributed by atoms with van der Waals surface area (Å²) in [4.78, 5) is 17.8. The molecule has 1 aromatic heterocycles. The maximum absolute atomic E-state index is 13.4. The lowest BCUT2D eigenvalue weighted by molar-refractivity contribution is 0.113. The minimum atomic E-state index is -0.281. The number of hydrogen-bond donors (Lipinski definition) is 2. The standard InChI is InChI=1S/C25H28FN3O2S/c1-16-10-17(2)22-12-19(24(30)28-23(22)11-16)15-29(14-18-5-7-20(26)8-6-18)25(32)27-13-21-4-3-9-31-21/h5-8,10-12,21H,3-4,9,13-15H2,1-2H3,(H,27,32)(H,28,30)/t21-/m1/s1. The van der Waals surface area contributed by atoms with E-state index in [4.69, 9.17) is 17.0 Å². The van der Waals surface area contributed by atoms with Crippen LogP contribution in [0.2, 0.25) is 0 Å². The largest absolute Gasteiger partial charge is 0.376 e. The molecule has 0 unspecified atom stereocenters. The van der Waals surface area contributed by atoms with Crippen molar-refractivity contribution in [2.24, 2.45) is 0 Å². The summed E-state index contributed by atoms with van der Waals surface area (Å²) >= 11 is 5.69. The SMILES string of the molecule is Cc1cc(C)c2cc(CN(Cc3ccc(F)cc3)C(=S)NC[C@H]3CCCO3)c(=O)[nH]c2c1. The van der Waals surface area contributed by atoms with Gasteiger partial charge in [-0.3, -0.25) is 4.79 Å². The molecule has 0 radical (unpaired) electrons. The Morgan fingerprint density at radius 2 is 2.00 bits per heavy atom. The third-order valence-electron chi connectivity index (χ3n) is 5.83. The molecule has 2 aromatic carbocycles. The number of halogens is 1. The monoisotopic (exact) mass is 453 g/mol. The molecule has 32 heavy (non-hydrogen) atoms. The zero-order valence-electron chi connectivity index (χ0n) is 18.4. The van der Waals surface area contributed by atoms with Crippen LogP contribution in [-0.4, -0.2) is 34.3 Å². The Morgan fingerprint density at radius 3 is 2.72 bits per heavy atom. The van der Waals surface area contributed by atoms with Gasteiger partial charge in [0.25, 0.3) is 5.56 Å². The van der Waals surface area contributed by atoms with Crippen molar-refractivity contribution in [2.75, 3.05) is 13.2 Å². The lowest BCUT2D eigenvalue weighted by Gasteiger charge is -2.27. The second-order valence-corrected chi connectivity index (χ2v) is 8.86. The van der Waals surface area contributed by atoms with E-state index in [1.54, 1.807) is 12.1 Å². The fourth-order valence-corrected chi connectivity index (χ4v) is 4.38. The van der Waals surface area contributed by atoms with Gasteiger partial charge in [-0.15, -0.1) is 0 Å². The molecule has 1 aliphatic heterocycles. The Hall–Kier alpha value is -2.77. The van der Waals surface area contributed by atoms with Gasteiger partial charge in [0.05, 0.1) is 12.6 Å². The van der Waals surface area contributed by atoms with Gasteiger partial charge in [-0.25, -0.2) is 4.39 Å². The molecule has 168 valence electrons. The van der Waals surface area contributed by atoms with Crippen LogP contribution in [-0.2, 0) is 17.8 Å². The molecule has 2 N–H and O–H groups in total. The normalized spacial score (nSPS) is 15.8. The fourth-order valence-electron chi connectivity index (χ4n) is 4.17. The minimum Gasteiger partial charge on any atom is -0.376 e. The summed E-state index contributed by atoms with van der Waals surface area (Å²) in [6.45, 7) is 6.27. The zero-order valence-corrected chi connectivity index (χ0v) is 19.2. The summed E-state index contributed by atoms with van der Waals surface area (Å²) in [7, 11) is 0. The van der Waals surface area contributed by atoms with Gasteiger partial charge in [-0.1, -0.05) is 18.2 Å². The van der Waals surface area contributed by atoms with Gasteiger partial charge in [-0.05, 0) is 79.9 Å². The van der Waals surface area contributed by atoms with Crippen LogP contribution in [0.1, 0.15) is 35.1 Å². The molecule has 3 aromatic rings. The predicted molar refractivity (Wildman–Crippen MR) is 129 cm³/mol. The molecule has 2 heterocycles. The van der Waals surface area contributed by atoms with E-state index in [0.717, 1.165) is 47.0 Å². The van der Waals surface area contributed by atoms with Gasteiger partial charge in [0.2, 0.25) is 0 Å². The number of nitrogens with one attached hydrogen (secondary N) is 2. The average Bonchev–Trinajstić information content (AvgIpc) is 3.27. The van der Waals surface area contributed by atoms with Crippen LogP contribution in [0.25, 0.3) is 10.9 Å². The molecule has 7 heteroatoms. The van der Waals surface area contributed by atoms with E-state index in [2.05, 4.69) is 16.4 Å². The van der Waals surface area contributed by atoms with E-state index >= 15 is 0 Å². The summed E-state index contributed by atoms with van der Waals surface area (Å²) < 4.78 is 19.1. The van der Waals surface area contributed by atoms with Crippen LogP contribution in [0.3, 0.4) is 0 Å². The number of H-pyrrole nitrogens is 1. The van der Waals surface area contributed by atoms with Crippen LogP contribution >= 0.6 is 12.2 Å². The number of aryl methyl sites for hydroxylation is 2. The highest BCUT2D eigenvalue weighted by atomic mass is 32.1. The number of benzene rings is 2. The molecule has 1 aliphatic rings. The van der Waals surface area contributed by atoms with Crippen LogP contribution in [0, 0.1) is 19.7 Å². The van der Waals surface area contributed by atoms with E-state index in [9.17, 15) is 9.18 Å². The van der Waals surface area contributed by atoms with Gasteiger partial charge in [0.1, 0.15) is 5.82 Å². The first kappa shape index (κ1) is 22.4. The number of fused-ring (bicyclic) bond motifs is 1. The number of nitrogens with zero attached hydrogens (tertiary/aromatic N) is 1. The van der Waals surface area contributed by atoms with Gasteiger partial charge in [0.15, 0.2) is 5.11 Å². The highest BCUT2D eigenvalue weighted by Gasteiger charge is 2.19.